The molecule has 0 aromatic rings. The van der Waals surface area contributed by atoms with Gasteiger partial charge in [0.25, 0.3) is 0 Å². The van der Waals surface area contributed by atoms with E-state index in [0.29, 0.717) is 6.61 Å². The number of hydrogen-bond donors (Lipinski definition) is 0. The van der Waals surface area contributed by atoms with Crippen LogP contribution in [0.15, 0.2) is 0 Å². The fourth-order valence-electron chi connectivity index (χ4n) is 3.59. The first-order chi connectivity index (χ1) is 13.8. The van der Waals surface area contributed by atoms with E-state index in [9.17, 15) is 4.79 Å². The van der Waals surface area contributed by atoms with Gasteiger partial charge in [-0.2, -0.15) is 0 Å². The van der Waals surface area contributed by atoms with Crippen molar-refractivity contribution in [2.45, 2.75) is 136 Å². The molecule has 0 aromatic heterocycles. The standard InChI is InChI=1S/C25H51NO2/c1-4-7-10-13-15-17-19-22-26(23-20-18-16-14-11-8-5-2)25(27)28-24-21-12-9-6-3/h4-24H2,1-3H3. The molecular weight excluding hydrogens is 346 g/mol. The van der Waals surface area contributed by atoms with Crippen LogP contribution in [-0.2, 0) is 4.74 Å². The minimum Gasteiger partial charge on any atom is -0.449 e. The van der Waals surface area contributed by atoms with E-state index in [1.165, 1.54) is 96.3 Å². The summed E-state index contributed by atoms with van der Waals surface area (Å²) in [5.41, 5.74) is 0. The van der Waals surface area contributed by atoms with Gasteiger partial charge in [-0.05, 0) is 19.3 Å². The van der Waals surface area contributed by atoms with Crippen LogP contribution >= 0.6 is 0 Å². The number of amides is 1. The Morgan fingerprint density at radius 2 is 0.893 bits per heavy atom. The summed E-state index contributed by atoms with van der Waals surface area (Å²) in [5, 5.41) is 0. The van der Waals surface area contributed by atoms with Crippen LogP contribution in [0.25, 0.3) is 0 Å². The molecule has 0 atom stereocenters. The van der Waals surface area contributed by atoms with E-state index < -0.39 is 0 Å². The van der Waals surface area contributed by atoms with Gasteiger partial charge in [-0.25, -0.2) is 4.79 Å². The van der Waals surface area contributed by atoms with Crippen molar-refractivity contribution in [3.63, 3.8) is 0 Å². The van der Waals surface area contributed by atoms with E-state index in [4.69, 9.17) is 4.74 Å². The van der Waals surface area contributed by atoms with E-state index in [2.05, 4.69) is 20.8 Å². The molecule has 0 bridgehead atoms. The van der Waals surface area contributed by atoms with Gasteiger partial charge in [0.1, 0.15) is 0 Å². The molecule has 3 heteroatoms. The second-order valence-corrected chi connectivity index (χ2v) is 8.40. The molecule has 0 fully saturated rings. The van der Waals surface area contributed by atoms with Crippen molar-refractivity contribution in [2.75, 3.05) is 19.7 Å². The molecule has 0 spiro atoms. The Morgan fingerprint density at radius 1 is 0.536 bits per heavy atom. The topological polar surface area (TPSA) is 29.5 Å². The first-order valence-corrected chi connectivity index (χ1v) is 12.7. The third-order valence-electron chi connectivity index (χ3n) is 5.54. The van der Waals surface area contributed by atoms with Crippen LogP contribution in [0.1, 0.15) is 136 Å². The van der Waals surface area contributed by atoms with Crippen LogP contribution in [-0.4, -0.2) is 30.7 Å². The number of rotatable bonds is 21. The Kier molecular flexibility index (Phi) is 22.0. The van der Waals surface area contributed by atoms with Crippen LogP contribution in [0.3, 0.4) is 0 Å². The second-order valence-electron chi connectivity index (χ2n) is 8.40. The van der Waals surface area contributed by atoms with Crippen molar-refractivity contribution in [1.29, 1.82) is 0 Å². The second kappa shape index (κ2) is 22.6. The fraction of sp³-hybridized carbons (Fsp3) is 0.960. The minimum atomic E-state index is -0.0755. The number of unbranched alkanes of at least 4 members (excludes halogenated alkanes) is 15. The Bertz CT molecular complexity index is 302. The zero-order valence-corrected chi connectivity index (χ0v) is 19.6. The van der Waals surface area contributed by atoms with Gasteiger partial charge in [-0.15, -0.1) is 0 Å². The average molecular weight is 398 g/mol. The van der Waals surface area contributed by atoms with Crippen LogP contribution in [0.5, 0.6) is 0 Å². The summed E-state index contributed by atoms with van der Waals surface area (Å²) in [6.07, 6.45) is 22.6. The van der Waals surface area contributed by atoms with Crippen molar-refractivity contribution in [3.8, 4) is 0 Å². The largest absolute Gasteiger partial charge is 0.449 e. The SMILES string of the molecule is CCCCCCCCCN(CCCCCCCCC)C(=O)OCCCCCC. The molecule has 0 N–H and O–H groups in total. The Labute approximate surface area is 177 Å². The molecule has 0 aliphatic carbocycles. The summed E-state index contributed by atoms with van der Waals surface area (Å²) >= 11 is 0. The van der Waals surface area contributed by atoms with Crippen LogP contribution in [0.2, 0.25) is 0 Å². The van der Waals surface area contributed by atoms with Gasteiger partial charge in [0.2, 0.25) is 0 Å². The van der Waals surface area contributed by atoms with E-state index in [-0.39, 0.29) is 6.09 Å². The smallest absolute Gasteiger partial charge is 0.409 e. The lowest BCUT2D eigenvalue weighted by Crippen LogP contribution is -2.33. The molecule has 0 aliphatic rings. The quantitative estimate of drug-likeness (QED) is 0.182. The molecule has 168 valence electrons. The molecule has 1 amide bonds. The molecule has 0 saturated carbocycles. The van der Waals surface area contributed by atoms with Crippen LogP contribution in [0, 0.1) is 0 Å². The zero-order valence-electron chi connectivity index (χ0n) is 19.6. The van der Waals surface area contributed by atoms with E-state index >= 15 is 0 Å². The highest BCUT2D eigenvalue weighted by molar-refractivity contribution is 5.67. The molecular formula is C25H51NO2. The van der Waals surface area contributed by atoms with Crippen molar-refractivity contribution < 1.29 is 9.53 Å². The van der Waals surface area contributed by atoms with E-state index in [1.54, 1.807) is 0 Å². The first-order valence-electron chi connectivity index (χ1n) is 12.7. The summed E-state index contributed by atoms with van der Waals surface area (Å²) in [7, 11) is 0. The highest BCUT2D eigenvalue weighted by Crippen LogP contribution is 2.11. The summed E-state index contributed by atoms with van der Waals surface area (Å²) in [6, 6.07) is 0. The zero-order chi connectivity index (χ0) is 20.7. The fourth-order valence-corrected chi connectivity index (χ4v) is 3.59. The van der Waals surface area contributed by atoms with Crippen molar-refractivity contribution >= 4 is 6.09 Å². The molecule has 28 heavy (non-hydrogen) atoms. The lowest BCUT2D eigenvalue weighted by molar-refractivity contribution is 0.0990. The summed E-state index contributed by atoms with van der Waals surface area (Å²) in [6.45, 7) is 9.06. The Morgan fingerprint density at radius 3 is 1.32 bits per heavy atom. The predicted octanol–water partition coefficient (Wildman–Crippen LogP) is 8.51. The number of carbonyl (C=O) groups is 1. The summed E-state index contributed by atoms with van der Waals surface area (Å²) < 4.78 is 5.56. The molecule has 0 radical (unpaired) electrons. The number of hydrogen-bond acceptors (Lipinski definition) is 2. The highest BCUT2D eigenvalue weighted by Gasteiger charge is 2.14. The molecule has 0 heterocycles. The van der Waals surface area contributed by atoms with Crippen LogP contribution in [0.4, 0.5) is 4.79 Å². The van der Waals surface area contributed by atoms with Crippen LogP contribution < -0.4 is 0 Å². The number of carbonyl (C=O) groups excluding carboxylic acids is 1. The summed E-state index contributed by atoms with van der Waals surface area (Å²) in [5.74, 6) is 0. The number of nitrogens with zero attached hydrogens (tertiary/aromatic N) is 1. The molecule has 0 aliphatic heterocycles. The molecule has 3 nitrogen and oxygen atoms in total. The normalized spacial score (nSPS) is 11.0. The van der Waals surface area contributed by atoms with E-state index in [0.717, 1.165) is 32.4 Å². The lowest BCUT2D eigenvalue weighted by atomic mass is 10.1. The van der Waals surface area contributed by atoms with Crippen molar-refractivity contribution in [2.24, 2.45) is 0 Å². The number of ether oxygens (including phenoxy) is 1. The molecule has 0 unspecified atom stereocenters. The third kappa shape index (κ3) is 18.6. The highest BCUT2D eigenvalue weighted by atomic mass is 16.6. The monoisotopic (exact) mass is 397 g/mol. The molecule has 0 saturated heterocycles. The Balaban J connectivity index is 4.02. The third-order valence-corrected chi connectivity index (χ3v) is 5.54. The maximum Gasteiger partial charge on any atom is 0.409 e. The average Bonchev–Trinajstić information content (AvgIpc) is 2.70. The van der Waals surface area contributed by atoms with Gasteiger partial charge in [0.15, 0.2) is 0 Å². The van der Waals surface area contributed by atoms with Crippen molar-refractivity contribution in [3.05, 3.63) is 0 Å². The van der Waals surface area contributed by atoms with Gasteiger partial charge in [-0.3, -0.25) is 0 Å². The lowest BCUT2D eigenvalue weighted by Gasteiger charge is -2.22. The van der Waals surface area contributed by atoms with Gasteiger partial charge in [0, 0.05) is 13.1 Å². The minimum absolute atomic E-state index is 0.0755. The Hall–Kier alpha value is -0.730. The van der Waals surface area contributed by atoms with Crippen molar-refractivity contribution in [1.82, 2.24) is 4.90 Å². The van der Waals surface area contributed by atoms with Gasteiger partial charge in [0.05, 0.1) is 6.61 Å². The maximum absolute atomic E-state index is 12.5. The first kappa shape index (κ1) is 27.3. The van der Waals surface area contributed by atoms with Gasteiger partial charge < -0.3 is 9.64 Å². The summed E-state index contributed by atoms with van der Waals surface area (Å²) in [4.78, 5) is 14.5. The maximum atomic E-state index is 12.5. The van der Waals surface area contributed by atoms with Gasteiger partial charge >= 0.3 is 6.09 Å². The van der Waals surface area contributed by atoms with E-state index in [1.807, 2.05) is 4.90 Å². The van der Waals surface area contributed by atoms with Gasteiger partial charge in [-0.1, -0.05) is 117 Å². The molecule has 0 rings (SSSR count). The molecule has 0 aromatic carbocycles. The predicted molar refractivity (Wildman–Crippen MR) is 123 cm³/mol.